The molecule has 0 N–H and O–H groups in total. The zero-order valence-corrected chi connectivity index (χ0v) is 16.5. The molecule has 4 aliphatic rings. The maximum absolute atomic E-state index is 12.8. The van der Waals surface area contributed by atoms with Gasteiger partial charge in [0.05, 0.1) is 17.2 Å². The number of esters is 1. The Kier molecular flexibility index (Phi) is 4.82. The Balaban J connectivity index is 1.43. The molecule has 1 aromatic carbocycles. The number of carbonyl (C=O) groups is 1. The van der Waals surface area contributed by atoms with Gasteiger partial charge in [-0.15, -0.1) is 0 Å². The Labute approximate surface area is 169 Å². The van der Waals surface area contributed by atoms with Crippen molar-refractivity contribution in [2.24, 2.45) is 11.1 Å². The number of ether oxygens (including phenoxy) is 5. The first kappa shape index (κ1) is 19.0. The molecule has 1 unspecified atom stereocenters. The summed E-state index contributed by atoms with van der Waals surface area (Å²) < 4.78 is 30.2. The summed E-state index contributed by atoms with van der Waals surface area (Å²) in [6, 6.07) is 8.90. The highest BCUT2D eigenvalue weighted by atomic mass is 16.8. The lowest BCUT2D eigenvalue weighted by Crippen LogP contribution is -2.60. The molecule has 8 heteroatoms. The van der Waals surface area contributed by atoms with Crippen molar-refractivity contribution in [2.45, 2.75) is 63.2 Å². The summed E-state index contributed by atoms with van der Waals surface area (Å²) in [6.45, 7) is 4.68. The lowest BCUT2D eigenvalue weighted by atomic mass is 9.79. The number of rotatable bonds is 4. The number of hydrogen-bond acceptors (Lipinski definition) is 8. The second-order valence-electron chi connectivity index (χ2n) is 8.22. The smallest absolute Gasteiger partial charge is 0.338 e. The van der Waals surface area contributed by atoms with Crippen LogP contribution in [0.25, 0.3) is 0 Å². The molecule has 5 rings (SSSR count). The average molecular weight is 403 g/mol. The molecule has 1 aromatic rings. The lowest BCUT2D eigenvalue weighted by Gasteiger charge is -2.39. The molecule has 8 nitrogen and oxygen atoms in total. The van der Waals surface area contributed by atoms with Gasteiger partial charge >= 0.3 is 5.97 Å². The first-order chi connectivity index (χ1) is 14.0. The third-order valence-electron chi connectivity index (χ3n) is 5.72. The fraction of sp³-hybridized carbons (Fsp3) is 0.619. The highest BCUT2D eigenvalue weighted by molar-refractivity contribution is 5.95. The van der Waals surface area contributed by atoms with Gasteiger partial charge in [-0.05, 0) is 32.4 Å². The first-order valence-corrected chi connectivity index (χ1v) is 10.1. The molecule has 0 spiro atoms. The standard InChI is InChI=1S/C21H25NO7/c1-21(2)28-18-16(27-20(23)12-7-4-3-5-8-12)13-11-25-22-15(13)17(19(18)29-21)26-14-9-6-10-24-14/h3-5,7-8,13-14,16-19H,6,9-11H2,1-2H3/t13-,14?,16+,17-,18+,19-/m1/s1. The Morgan fingerprint density at radius 3 is 2.72 bits per heavy atom. The number of oxime groups is 1. The van der Waals surface area contributed by atoms with E-state index in [2.05, 4.69) is 5.16 Å². The molecule has 0 aromatic heterocycles. The number of fused-ring (bicyclic) bond motifs is 2. The van der Waals surface area contributed by atoms with Crippen LogP contribution >= 0.6 is 0 Å². The van der Waals surface area contributed by atoms with Crippen LogP contribution in [-0.4, -0.2) is 61.4 Å². The molecule has 6 atom stereocenters. The zero-order chi connectivity index (χ0) is 20.0. The molecule has 29 heavy (non-hydrogen) atoms. The second kappa shape index (κ2) is 7.36. The van der Waals surface area contributed by atoms with E-state index in [4.69, 9.17) is 28.5 Å². The molecule has 0 bridgehead atoms. The normalized spacial score (nSPS) is 37.4. The fourth-order valence-electron chi connectivity index (χ4n) is 4.46. The van der Waals surface area contributed by atoms with Gasteiger partial charge in [-0.25, -0.2) is 4.79 Å². The SMILES string of the molecule is CC1(C)O[C@H]2[C@@H](OC(=O)c3ccccc3)[C@@H]3CON=C3[C@@H](OC3CCCO3)[C@H]2O1. The van der Waals surface area contributed by atoms with E-state index >= 15 is 0 Å². The molecule has 1 saturated carbocycles. The molecule has 2 saturated heterocycles. The monoisotopic (exact) mass is 403 g/mol. The maximum Gasteiger partial charge on any atom is 0.338 e. The number of nitrogens with zero attached hydrogens (tertiary/aromatic N) is 1. The number of carbonyl (C=O) groups excluding carboxylic acids is 1. The zero-order valence-electron chi connectivity index (χ0n) is 16.5. The largest absolute Gasteiger partial charge is 0.455 e. The van der Waals surface area contributed by atoms with Gasteiger partial charge in [0.15, 0.2) is 12.1 Å². The van der Waals surface area contributed by atoms with Crippen LogP contribution in [0.1, 0.15) is 37.0 Å². The van der Waals surface area contributed by atoms with Crippen molar-refractivity contribution in [3.8, 4) is 0 Å². The molecule has 3 aliphatic heterocycles. The van der Waals surface area contributed by atoms with Gasteiger partial charge in [0, 0.05) is 13.0 Å². The lowest BCUT2D eigenvalue weighted by molar-refractivity contribution is -0.179. The summed E-state index contributed by atoms with van der Waals surface area (Å²) in [4.78, 5) is 18.1. The second-order valence-corrected chi connectivity index (χ2v) is 8.22. The molecule has 0 radical (unpaired) electrons. The van der Waals surface area contributed by atoms with Crippen LogP contribution in [0.4, 0.5) is 0 Å². The minimum Gasteiger partial charge on any atom is -0.455 e. The predicted molar refractivity (Wildman–Crippen MR) is 100 cm³/mol. The van der Waals surface area contributed by atoms with Crippen LogP contribution in [0.2, 0.25) is 0 Å². The Morgan fingerprint density at radius 2 is 1.97 bits per heavy atom. The van der Waals surface area contributed by atoms with E-state index in [-0.39, 0.29) is 12.2 Å². The molecular weight excluding hydrogens is 378 g/mol. The Hall–Kier alpha value is -2.00. The van der Waals surface area contributed by atoms with Crippen molar-refractivity contribution in [1.29, 1.82) is 0 Å². The quantitative estimate of drug-likeness (QED) is 0.713. The number of benzene rings is 1. The van der Waals surface area contributed by atoms with Crippen molar-refractivity contribution >= 4 is 11.7 Å². The van der Waals surface area contributed by atoms with E-state index in [1.807, 2.05) is 19.9 Å². The van der Waals surface area contributed by atoms with Crippen molar-refractivity contribution in [3.63, 3.8) is 0 Å². The predicted octanol–water partition coefficient (Wildman–Crippen LogP) is 2.27. The minimum absolute atomic E-state index is 0.257. The van der Waals surface area contributed by atoms with Crippen molar-refractivity contribution < 1.29 is 33.3 Å². The van der Waals surface area contributed by atoms with Crippen molar-refractivity contribution in [3.05, 3.63) is 35.9 Å². The van der Waals surface area contributed by atoms with E-state index in [0.29, 0.717) is 24.5 Å². The molecular formula is C21H25NO7. The van der Waals surface area contributed by atoms with Crippen LogP contribution in [0.3, 0.4) is 0 Å². The summed E-state index contributed by atoms with van der Waals surface area (Å²) in [5, 5.41) is 4.23. The Bertz CT molecular complexity index is 789. The van der Waals surface area contributed by atoms with Gasteiger partial charge in [-0.3, -0.25) is 0 Å². The highest BCUT2D eigenvalue weighted by Crippen LogP contribution is 2.43. The third-order valence-corrected chi connectivity index (χ3v) is 5.72. The van der Waals surface area contributed by atoms with Crippen molar-refractivity contribution in [2.75, 3.05) is 13.2 Å². The first-order valence-electron chi connectivity index (χ1n) is 10.1. The molecule has 3 fully saturated rings. The molecule has 3 heterocycles. The van der Waals surface area contributed by atoms with E-state index in [9.17, 15) is 4.79 Å². The maximum atomic E-state index is 12.8. The van der Waals surface area contributed by atoms with Gasteiger partial charge in [-0.2, -0.15) is 0 Å². The highest BCUT2D eigenvalue weighted by Gasteiger charge is 2.61. The van der Waals surface area contributed by atoms with Crippen LogP contribution in [0.15, 0.2) is 35.5 Å². The summed E-state index contributed by atoms with van der Waals surface area (Å²) >= 11 is 0. The number of hydrogen-bond donors (Lipinski definition) is 0. The van der Waals surface area contributed by atoms with E-state index in [1.54, 1.807) is 24.3 Å². The van der Waals surface area contributed by atoms with Crippen LogP contribution < -0.4 is 0 Å². The third kappa shape index (κ3) is 3.54. The van der Waals surface area contributed by atoms with Gasteiger partial charge in [0.1, 0.15) is 31.0 Å². The summed E-state index contributed by atoms with van der Waals surface area (Å²) in [5.41, 5.74) is 1.17. The van der Waals surface area contributed by atoms with Gasteiger partial charge < -0.3 is 28.5 Å². The fourth-order valence-corrected chi connectivity index (χ4v) is 4.46. The summed E-state index contributed by atoms with van der Waals surface area (Å²) in [5.74, 6) is -1.49. The van der Waals surface area contributed by atoms with Gasteiger partial charge in [0.2, 0.25) is 0 Å². The Morgan fingerprint density at radius 1 is 1.17 bits per heavy atom. The van der Waals surface area contributed by atoms with Crippen LogP contribution in [-0.2, 0) is 28.5 Å². The average Bonchev–Trinajstić information content (AvgIpc) is 3.44. The topological polar surface area (TPSA) is 84.8 Å². The van der Waals surface area contributed by atoms with Crippen LogP contribution in [0.5, 0.6) is 0 Å². The van der Waals surface area contributed by atoms with Crippen molar-refractivity contribution in [1.82, 2.24) is 0 Å². The van der Waals surface area contributed by atoms with E-state index < -0.39 is 36.2 Å². The molecule has 1 aliphatic carbocycles. The molecule has 156 valence electrons. The van der Waals surface area contributed by atoms with E-state index in [0.717, 1.165) is 12.8 Å². The summed E-state index contributed by atoms with van der Waals surface area (Å²) in [6.07, 6.45) is -0.542. The van der Waals surface area contributed by atoms with Crippen LogP contribution in [0, 0.1) is 5.92 Å². The summed E-state index contributed by atoms with van der Waals surface area (Å²) in [7, 11) is 0. The molecule has 0 amide bonds. The van der Waals surface area contributed by atoms with Gasteiger partial charge in [-0.1, -0.05) is 23.4 Å². The minimum atomic E-state index is -0.828. The van der Waals surface area contributed by atoms with Gasteiger partial charge in [0.25, 0.3) is 0 Å². The van der Waals surface area contributed by atoms with E-state index in [1.165, 1.54) is 0 Å².